The number of benzene rings is 1. The molecule has 0 bridgehead atoms. The summed E-state index contributed by atoms with van der Waals surface area (Å²) in [5.74, 6) is 1.81. The molecular formula is C12H10FNO2. The fourth-order valence-electron chi connectivity index (χ4n) is 1.34. The van der Waals surface area contributed by atoms with Gasteiger partial charge in [0.05, 0.1) is 5.56 Å². The second-order valence-electron chi connectivity index (χ2n) is 3.49. The number of carbonyl (C=O) groups is 1. The number of ether oxygens (including phenoxy) is 1. The third-order valence-electron chi connectivity index (χ3n) is 2.42. The minimum atomic E-state index is -0.559. The molecule has 1 aliphatic heterocycles. The maximum atomic E-state index is 13.3. The summed E-state index contributed by atoms with van der Waals surface area (Å²) in [4.78, 5) is 13.0. The Hall–Kier alpha value is -2.02. The van der Waals surface area contributed by atoms with E-state index in [9.17, 15) is 9.18 Å². The molecule has 0 N–H and O–H groups in total. The molecule has 1 fully saturated rings. The third kappa shape index (κ3) is 1.98. The van der Waals surface area contributed by atoms with Crippen molar-refractivity contribution in [2.75, 3.05) is 13.1 Å². The summed E-state index contributed by atoms with van der Waals surface area (Å²) >= 11 is 0. The number of hydrogen-bond donors (Lipinski definition) is 0. The maximum absolute atomic E-state index is 13.3. The lowest BCUT2D eigenvalue weighted by Gasteiger charge is -2.29. The number of hydrogen-bond acceptors (Lipinski definition) is 2. The van der Waals surface area contributed by atoms with E-state index >= 15 is 0 Å². The van der Waals surface area contributed by atoms with Gasteiger partial charge in [-0.25, -0.2) is 9.18 Å². The number of terminal acetylenes is 1. The summed E-state index contributed by atoms with van der Waals surface area (Å²) in [6.45, 7) is 1.40. The van der Waals surface area contributed by atoms with Gasteiger partial charge in [-0.3, -0.25) is 0 Å². The molecule has 0 spiro atoms. The summed E-state index contributed by atoms with van der Waals surface area (Å²) < 4.78 is 18.2. The molecule has 1 heterocycles. The zero-order valence-electron chi connectivity index (χ0n) is 8.57. The maximum Gasteiger partial charge on any atom is 0.415 e. The van der Waals surface area contributed by atoms with Crippen LogP contribution in [0.2, 0.25) is 0 Å². The first-order valence-corrected chi connectivity index (χ1v) is 4.93. The largest absolute Gasteiger partial charge is 0.415 e. The van der Waals surface area contributed by atoms with Gasteiger partial charge >= 0.3 is 6.09 Å². The fourth-order valence-corrected chi connectivity index (χ4v) is 1.34. The van der Waals surface area contributed by atoms with E-state index in [0.717, 1.165) is 12.5 Å². The Morgan fingerprint density at radius 1 is 1.50 bits per heavy atom. The highest BCUT2D eigenvalue weighted by molar-refractivity contribution is 5.71. The number of halogens is 1. The van der Waals surface area contributed by atoms with E-state index in [1.807, 2.05) is 0 Å². The van der Waals surface area contributed by atoms with Crippen LogP contribution in [0, 0.1) is 18.2 Å². The van der Waals surface area contributed by atoms with Crippen LogP contribution in [0.4, 0.5) is 9.18 Å². The van der Waals surface area contributed by atoms with Gasteiger partial charge in [-0.1, -0.05) is 5.92 Å². The van der Waals surface area contributed by atoms with Crippen molar-refractivity contribution in [3.05, 3.63) is 29.6 Å². The van der Waals surface area contributed by atoms with Crippen molar-refractivity contribution in [1.82, 2.24) is 4.90 Å². The molecule has 82 valence electrons. The van der Waals surface area contributed by atoms with Crippen LogP contribution in [-0.4, -0.2) is 24.1 Å². The van der Waals surface area contributed by atoms with E-state index < -0.39 is 11.9 Å². The average molecular weight is 219 g/mol. The monoisotopic (exact) mass is 219 g/mol. The Morgan fingerprint density at radius 2 is 2.25 bits per heavy atom. The Balaban J connectivity index is 2.07. The molecule has 0 radical (unpaired) electrons. The second kappa shape index (κ2) is 4.23. The average Bonchev–Trinajstić information content (AvgIpc) is 2.15. The Bertz CT molecular complexity index is 461. The van der Waals surface area contributed by atoms with Crippen molar-refractivity contribution in [2.45, 2.75) is 6.42 Å². The van der Waals surface area contributed by atoms with Crippen LogP contribution in [0.15, 0.2) is 18.2 Å². The van der Waals surface area contributed by atoms with E-state index in [2.05, 4.69) is 5.92 Å². The van der Waals surface area contributed by atoms with Gasteiger partial charge in [-0.05, 0) is 18.6 Å². The zero-order valence-corrected chi connectivity index (χ0v) is 8.57. The predicted molar refractivity (Wildman–Crippen MR) is 56.5 cm³/mol. The molecule has 0 aromatic heterocycles. The van der Waals surface area contributed by atoms with Gasteiger partial charge in [0.25, 0.3) is 0 Å². The van der Waals surface area contributed by atoms with Crippen molar-refractivity contribution < 1.29 is 13.9 Å². The Kier molecular flexibility index (Phi) is 2.78. The molecular weight excluding hydrogens is 209 g/mol. The number of likely N-dealkylation sites (tertiary alicyclic amines) is 1. The molecule has 1 aromatic rings. The molecule has 16 heavy (non-hydrogen) atoms. The van der Waals surface area contributed by atoms with Crippen molar-refractivity contribution in [1.29, 1.82) is 0 Å². The van der Waals surface area contributed by atoms with Crippen LogP contribution >= 0.6 is 0 Å². The summed E-state index contributed by atoms with van der Waals surface area (Å²) in [6, 6.07) is 4.01. The van der Waals surface area contributed by atoms with Gasteiger partial charge in [-0.2, -0.15) is 0 Å². The minimum Gasteiger partial charge on any atom is -0.410 e. The molecule has 1 aliphatic rings. The quantitative estimate of drug-likeness (QED) is 0.676. The highest BCUT2D eigenvalue weighted by atomic mass is 19.1. The highest BCUT2D eigenvalue weighted by Gasteiger charge is 2.22. The minimum absolute atomic E-state index is 0.156. The number of rotatable bonds is 1. The second-order valence-corrected chi connectivity index (χ2v) is 3.49. The van der Waals surface area contributed by atoms with Crippen molar-refractivity contribution in [3.63, 3.8) is 0 Å². The summed E-state index contributed by atoms with van der Waals surface area (Å²) in [6.07, 6.45) is 5.62. The van der Waals surface area contributed by atoms with Crippen LogP contribution < -0.4 is 4.74 Å². The molecule has 3 nitrogen and oxygen atoms in total. The normalized spacial score (nSPS) is 13.9. The number of nitrogens with zero attached hydrogens (tertiary/aromatic N) is 1. The first kappa shape index (κ1) is 10.5. The highest BCUT2D eigenvalue weighted by Crippen LogP contribution is 2.18. The van der Waals surface area contributed by atoms with E-state index in [1.165, 1.54) is 12.1 Å². The van der Waals surface area contributed by atoms with Crippen LogP contribution in [0.25, 0.3) is 0 Å². The lowest BCUT2D eigenvalue weighted by atomic mass is 10.2. The Labute approximate surface area is 92.8 Å². The van der Waals surface area contributed by atoms with Gasteiger partial charge < -0.3 is 9.64 Å². The van der Waals surface area contributed by atoms with E-state index in [1.54, 1.807) is 4.90 Å². The molecule has 0 saturated carbocycles. The number of carbonyl (C=O) groups excluding carboxylic acids is 1. The number of amides is 1. The first-order chi connectivity index (χ1) is 7.70. The van der Waals surface area contributed by atoms with Gasteiger partial charge in [0.1, 0.15) is 11.6 Å². The van der Waals surface area contributed by atoms with Gasteiger partial charge in [0.15, 0.2) is 0 Å². The van der Waals surface area contributed by atoms with Gasteiger partial charge in [0.2, 0.25) is 0 Å². The third-order valence-corrected chi connectivity index (χ3v) is 2.42. The lowest BCUT2D eigenvalue weighted by Crippen LogP contribution is -2.43. The van der Waals surface area contributed by atoms with Gasteiger partial charge in [0, 0.05) is 19.2 Å². The smallest absolute Gasteiger partial charge is 0.410 e. The standard InChI is InChI=1S/C12H10FNO2/c1-2-9-4-5-10(8-11(9)13)16-12(15)14-6-3-7-14/h1,4-5,8H,3,6-7H2. The molecule has 2 rings (SSSR count). The molecule has 1 aromatic carbocycles. The predicted octanol–water partition coefficient (Wildman–Crippen LogP) is 2.01. The van der Waals surface area contributed by atoms with Crippen molar-refractivity contribution >= 4 is 6.09 Å². The van der Waals surface area contributed by atoms with Crippen LogP contribution in [0.3, 0.4) is 0 Å². The molecule has 1 saturated heterocycles. The molecule has 0 atom stereocenters. The van der Waals surface area contributed by atoms with Gasteiger partial charge in [-0.15, -0.1) is 6.42 Å². The van der Waals surface area contributed by atoms with Crippen LogP contribution in [0.5, 0.6) is 5.75 Å². The topological polar surface area (TPSA) is 29.5 Å². The lowest BCUT2D eigenvalue weighted by molar-refractivity contribution is 0.125. The Morgan fingerprint density at radius 3 is 2.75 bits per heavy atom. The van der Waals surface area contributed by atoms with Crippen molar-refractivity contribution in [3.8, 4) is 18.1 Å². The van der Waals surface area contributed by atoms with E-state index in [0.29, 0.717) is 13.1 Å². The summed E-state index contributed by atoms with van der Waals surface area (Å²) in [5.41, 5.74) is 0.156. The summed E-state index contributed by atoms with van der Waals surface area (Å²) in [5, 5.41) is 0. The SMILES string of the molecule is C#Cc1ccc(OC(=O)N2CCC2)cc1F. The molecule has 0 aliphatic carbocycles. The molecule has 0 unspecified atom stereocenters. The van der Waals surface area contributed by atoms with Crippen LogP contribution in [-0.2, 0) is 0 Å². The molecule has 4 heteroatoms. The van der Waals surface area contributed by atoms with Crippen LogP contribution in [0.1, 0.15) is 12.0 Å². The van der Waals surface area contributed by atoms with Crippen molar-refractivity contribution in [2.24, 2.45) is 0 Å². The van der Waals surface area contributed by atoms with E-state index in [4.69, 9.17) is 11.2 Å². The summed E-state index contributed by atoms with van der Waals surface area (Å²) in [7, 11) is 0. The fraction of sp³-hybridized carbons (Fsp3) is 0.250. The molecule has 1 amide bonds. The zero-order chi connectivity index (χ0) is 11.5. The van der Waals surface area contributed by atoms with E-state index in [-0.39, 0.29) is 11.3 Å². The first-order valence-electron chi connectivity index (χ1n) is 4.93.